The molecule has 1 aromatic carbocycles. The largest absolute Gasteiger partial charge is 0.478 e. The number of anilines is 2. The third-order valence-corrected chi connectivity index (χ3v) is 5.99. The van der Waals surface area contributed by atoms with E-state index in [1.165, 1.54) is 0 Å². The number of aromatic carboxylic acids is 1. The van der Waals surface area contributed by atoms with Gasteiger partial charge in [0.05, 0.1) is 17.8 Å². The van der Waals surface area contributed by atoms with Crippen molar-refractivity contribution in [1.29, 1.82) is 0 Å². The van der Waals surface area contributed by atoms with Crippen LogP contribution in [0.5, 0.6) is 0 Å². The van der Waals surface area contributed by atoms with Gasteiger partial charge in [0.25, 0.3) is 0 Å². The minimum absolute atomic E-state index is 0.0210. The lowest BCUT2D eigenvalue weighted by Gasteiger charge is -2.36. The molecule has 2 aliphatic heterocycles. The predicted octanol–water partition coefficient (Wildman–Crippen LogP) is 1.48. The fourth-order valence-corrected chi connectivity index (χ4v) is 4.02. The number of rotatable bonds is 6. The van der Waals surface area contributed by atoms with Gasteiger partial charge < -0.3 is 20.2 Å². The molecule has 2 amide bonds. The molecule has 0 aromatic heterocycles. The molecule has 0 spiro atoms. The average molecular weight is 400 g/mol. The predicted molar refractivity (Wildman–Crippen MR) is 109 cm³/mol. The highest BCUT2D eigenvalue weighted by Crippen LogP contribution is 2.31. The summed E-state index contributed by atoms with van der Waals surface area (Å²) in [6.07, 6.45) is 3.94. The summed E-state index contributed by atoms with van der Waals surface area (Å²) >= 11 is 0. The Morgan fingerprint density at radius 2 is 1.69 bits per heavy atom. The van der Waals surface area contributed by atoms with Crippen molar-refractivity contribution >= 4 is 29.2 Å². The van der Waals surface area contributed by atoms with Crippen LogP contribution in [0.1, 0.15) is 36.0 Å². The van der Waals surface area contributed by atoms with Gasteiger partial charge in [-0.15, -0.1) is 0 Å². The van der Waals surface area contributed by atoms with Crippen LogP contribution in [0.15, 0.2) is 18.2 Å². The van der Waals surface area contributed by atoms with E-state index in [9.17, 15) is 19.5 Å². The van der Waals surface area contributed by atoms with Crippen molar-refractivity contribution < 1.29 is 19.5 Å². The highest BCUT2D eigenvalue weighted by molar-refractivity contribution is 6.02. The Kier molecular flexibility index (Phi) is 5.71. The van der Waals surface area contributed by atoms with Gasteiger partial charge in [-0.25, -0.2) is 4.79 Å². The standard InChI is InChI=1S/C21H28N4O4/c26-19(25-7-1-2-8-25)14-23-9-11-24(12-10-23)16-5-6-18(17(13-16)21(28)29)22-20(27)15-3-4-15/h5-6,13,15H,1-4,7-12,14H2,(H,22,27)(H,28,29). The molecule has 3 fully saturated rings. The fraction of sp³-hybridized carbons (Fsp3) is 0.571. The molecule has 0 unspecified atom stereocenters. The van der Waals surface area contributed by atoms with Crippen LogP contribution in [0.3, 0.4) is 0 Å². The first-order valence-electron chi connectivity index (χ1n) is 10.4. The lowest BCUT2D eigenvalue weighted by Crippen LogP contribution is -2.49. The van der Waals surface area contributed by atoms with Gasteiger partial charge in [0.2, 0.25) is 11.8 Å². The molecule has 0 atom stereocenters. The Bertz CT molecular complexity index is 794. The molecule has 2 N–H and O–H groups in total. The second-order valence-corrected chi connectivity index (χ2v) is 8.15. The Morgan fingerprint density at radius 3 is 2.31 bits per heavy atom. The van der Waals surface area contributed by atoms with Crippen molar-refractivity contribution in [2.75, 3.05) is 56.0 Å². The average Bonchev–Trinajstić information content (AvgIpc) is 3.43. The number of nitrogens with zero attached hydrogens (tertiary/aromatic N) is 3. The molecule has 1 saturated carbocycles. The number of carboxylic acids is 1. The molecule has 3 aliphatic rings. The molecule has 0 bridgehead atoms. The number of hydrogen-bond donors (Lipinski definition) is 2. The molecule has 1 aliphatic carbocycles. The quantitative estimate of drug-likeness (QED) is 0.751. The van der Waals surface area contributed by atoms with Crippen LogP contribution in [0.4, 0.5) is 11.4 Å². The van der Waals surface area contributed by atoms with Crippen molar-refractivity contribution in [3.8, 4) is 0 Å². The van der Waals surface area contributed by atoms with Gasteiger partial charge in [-0.1, -0.05) is 0 Å². The third-order valence-electron chi connectivity index (χ3n) is 5.99. The number of carbonyl (C=O) groups excluding carboxylic acids is 2. The molecule has 8 nitrogen and oxygen atoms in total. The number of piperazine rings is 1. The topological polar surface area (TPSA) is 93.2 Å². The normalized spacial score (nSPS) is 20.0. The molecule has 156 valence electrons. The first-order valence-corrected chi connectivity index (χ1v) is 10.4. The monoisotopic (exact) mass is 400 g/mol. The zero-order valence-electron chi connectivity index (χ0n) is 16.6. The van der Waals surface area contributed by atoms with Crippen LogP contribution in [0, 0.1) is 5.92 Å². The summed E-state index contributed by atoms with van der Waals surface area (Å²) in [4.78, 5) is 42.3. The highest BCUT2D eigenvalue weighted by atomic mass is 16.4. The van der Waals surface area contributed by atoms with Crippen LogP contribution < -0.4 is 10.2 Å². The van der Waals surface area contributed by atoms with E-state index in [2.05, 4.69) is 15.1 Å². The summed E-state index contributed by atoms with van der Waals surface area (Å²) in [6, 6.07) is 5.18. The summed E-state index contributed by atoms with van der Waals surface area (Å²) < 4.78 is 0. The molecule has 2 saturated heterocycles. The van der Waals surface area contributed by atoms with Crippen molar-refractivity contribution in [2.24, 2.45) is 5.92 Å². The first kappa shape index (κ1) is 19.7. The number of benzene rings is 1. The summed E-state index contributed by atoms with van der Waals surface area (Å²) in [6.45, 7) is 5.21. The second kappa shape index (κ2) is 8.41. The van der Waals surface area contributed by atoms with Crippen molar-refractivity contribution in [1.82, 2.24) is 9.80 Å². The van der Waals surface area contributed by atoms with Gasteiger partial charge in [-0.3, -0.25) is 14.5 Å². The van der Waals surface area contributed by atoms with E-state index in [-0.39, 0.29) is 23.3 Å². The van der Waals surface area contributed by atoms with E-state index in [1.807, 2.05) is 11.0 Å². The van der Waals surface area contributed by atoms with Crippen LogP contribution >= 0.6 is 0 Å². The minimum Gasteiger partial charge on any atom is -0.478 e. The van der Waals surface area contributed by atoms with E-state index >= 15 is 0 Å². The van der Waals surface area contributed by atoms with Gasteiger partial charge in [0.15, 0.2) is 0 Å². The molecule has 2 heterocycles. The van der Waals surface area contributed by atoms with E-state index in [4.69, 9.17) is 0 Å². The zero-order valence-corrected chi connectivity index (χ0v) is 16.6. The van der Waals surface area contributed by atoms with Crippen LogP contribution in [-0.2, 0) is 9.59 Å². The smallest absolute Gasteiger partial charge is 0.337 e. The number of likely N-dealkylation sites (tertiary alicyclic amines) is 1. The molecule has 29 heavy (non-hydrogen) atoms. The van der Waals surface area contributed by atoms with Crippen LogP contribution in [0.25, 0.3) is 0 Å². The summed E-state index contributed by atoms with van der Waals surface area (Å²) in [7, 11) is 0. The van der Waals surface area contributed by atoms with Crippen molar-refractivity contribution in [2.45, 2.75) is 25.7 Å². The van der Waals surface area contributed by atoms with Crippen molar-refractivity contribution in [3.05, 3.63) is 23.8 Å². The highest BCUT2D eigenvalue weighted by Gasteiger charge is 2.30. The molecular weight excluding hydrogens is 372 g/mol. The molecule has 4 rings (SSSR count). The lowest BCUT2D eigenvalue weighted by molar-refractivity contribution is -0.131. The first-order chi connectivity index (χ1) is 14.0. The Hall–Kier alpha value is -2.61. The maximum Gasteiger partial charge on any atom is 0.337 e. The molecule has 0 radical (unpaired) electrons. The van der Waals surface area contributed by atoms with E-state index in [1.54, 1.807) is 12.1 Å². The number of hydrogen-bond acceptors (Lipinski definition) is 5. The molecular formula is C21H28N4O4. The Morgan fingerprint density at radius 1 is 1.00 bits per heavy atom. The zero-order chi connectivity index (χ0) is 20.4. The second-order valence-electron chi connectivity index (χ2n) is 8.15. The lowest BCUT2D eigenvalue weighted by atomic mass is 10.1. The SMILES string of the molecule is O=C(O)c1cc(N2CCN(CC(=O)N3CCCC3)CC2)ccc1NC(=O)C1CC1. The summed E-state index contributed by atoms with van der Waals surface area (Å²) in [5.74, 6) is -0.920. The Labute approximate surface area is 170 Å². The molecule has 8 heteroatoms. The van der Waals surface area contributed by atoms with E-state index in [0.29, 0.717) is 12.2 Å². The maximum absolute atomic E-state index is 12.3. The fourth-order valence-electron chi connectivity index (χ4n) is 4.02. The van der Waals surface area contributed by atoms with E-state index < -0.39 is 5.97 Å². The number of carboxylic acid groups (broad SMARTS) is 1. The number of carbonyl (C=O) groups is 3. The summed E-state index contributed by atoms with van der Waals surface area (Å²) in [5.41, 5.74) is 1.30. The minimum atomic E-state index is -1.05. The van der Waals surface area contributed by atoms with Crippen LogP contribution in [-0.4, -0.2) is 78.5 Å². The van der Waals surface area contributed by atoms with Gasteiger partial charge in [0, 0.05) is 50.9 Å². The van der Waals surface area contributed by atoms with Gasteiger partial charge >= 0.3 is 5.97 Å². The number of amides is 2. The number of nitrogens with one attached hydrogen (secondary N) is 1. The molecule has 1 aromatic rings. The Balaban J connectivity index is 1.36. The van der Waals surface area contributed by atoms with Gasteiger partial charge in [-0.05, 0) is 43.9 Å². The van der Waals surface area contributed by atoms with Crippen LogP contribution in [0.2, 0.25) is 0 Å². The maximum atomic E-state index is 12.3. The van der Waals surface area contributed by atoms with Crippen molar-refractivity contribution in [3.63, 3.8) is 0 Å². The van der Waals surface area contributed by atoms with E-state index in [0.717, 1.165) is 70.6 Å². The van der Waals surface area contributed by atoms with Gasteiger partial charge in [-0.2, -0.15) is 0 Å². The summed E-state index contributed by atoms with van der Waals surface area (Å²) in [5, 5.41) is 12.3. The van der Waals surface area contributed by atoms with Gasteiger partial charge in [0.1, 0.15) is 0 Å². The third kappa shape index (κ3) is 4.70.